The Morgan fingerprint density at radius 3 is 2.92 bits per heavy atom. The fourth-order valence-electron chi connectivity index (χ4n) is 2.95. The quantitative estimate of drug-likeness (QED) is 0.520. The van der Waals surface area contributed by atoms with E-state index in [2.05, 4.69) is 15.5 Å². The lowest BCUT2D eigenvalue weighted by Gasteiger charge is -2.22. The number of carbonyl (C=O) groups is 1. The van der Waals surface area contributed by atoms with Gasteiger partial charge in [-0.3, -0.25) is 9.36 Å². The third kappa shape index (κ3) is 5.66. The van der Waals surface area contributed by atoms with Gasteiger partial charge in [-0.15, -0.1) is 5.10 Å². The number of thioether (sulfide) groups is 1. The second kappa shape index (κ2) is 9.88. The zero-order valence-corrected chi connectivity index (χ0v) is 15.4. The van der Waals surface area contributed by atoms with E-state index in [1.165, 1.54) is 43.9 Å². The van der Waals surface area contributed by atoms with Gasteiger partial charge < -0.3 is 10.1 Å². The van der Waals surface area contributed by atoms with Gasteiger partial charge in [-0.05, 0) is 32.1 Å². The van der Waals surface area contributed by atoms with E-state index in [0.29, 0.717) is 24.2 Å². The Morgan fingerprint density at radius 2 is 2.21 bits per heavy atom. The van der Waals surface area contributed by atoms with Crippen molar-refractivity contribution in [3.05, 3.63) is 10.5 Å². The smallest absolute Gasteiger partial charge is 0.343 e. The lowest BCUT2D eigenvalue weighted by Crippen LogP contribution is -2.35. The molecule has 1 aliphatic rings. The second-order valence-electron chi connectivity index (χ2n) is 6.32. The van der Waals surface area contributed by atoms with Gasteiger partial charge in [-0.2, -0.15) is 0 Å². The van der Waals surface area contributed by atoms with E-state index in [1.54, 1.807) is 11.7 Å². The van der Waals surface area contributed by atoms with Crippen LogP contribution in [0.4, 0.5) is 0 Å². The maximum atomic E-state index is 12.3. The van der Waals surface area contributed by atoms with E-state index < -0.39 is 0 Å². The van der Waals surface area contributed by atoms with Crippen LogP contribution in [0.5, 0.6) is 0 Å². The molecule has 8 heteroatoms. The van der Waals surface area contributed by atoms with Crippen molar-refractivity contribution in [2.24, 2.45) is 5.92 Å². The molecule has 1 aliphatic carbocycles. The van der Waals surface area contributed by atoms with Gasteiger partial charge in [-0.1, -0.05) is 31.0 Å². The van der Waals surface area contributed by atoms with Crippen LogP contribution < -0.4 is 11.0 Å². The normalized spacial score (nSPS) is 16.9. The van der Waals surface area contributed by atoms with Crippen LogP contribution >= 0.6 is 11.8 Å². The van der Waals surface area contributed by atoms with Crippen LogP contribution in [0, 0.1) is 5.92 Å². The first-order chi connectivity index (χ1) is 11.6. The molecule has 1 amide bonds. The fraction of sp³-hybridized carbons (Fsp3) is 0.812. The summed E-state index contributed by atoms with van der Waals surface area (Å²) >= 11 is 1.31. The number of methoxy groups -OCH3 is 1. The number of ether oxygens (including phenoxy) is 1. The molecule has 1 unspecified atom stereocenters. The zero-order valence-electron chi connectivity index (χ0n) is 14.5. The monoisotopic (exact) mass is 356 g/mol. The molecule has 7 nitrogen and oxygen atoms in total. The Hall–Kier alpha value is -1.28. The first kappa shape index (κ1) is 19.1. The minimum absolute atomic E-state index is 0.00413. The van der Waals surface area contributed by atoms with Crippen molar-refractivity contribution in [2.75, 3.05) is 20.3 Å². The summed E-state index contributed by atoms with van der Waals surface area (Å²) in [4.78, 5) is 24.1. The van der Waals surface area contributed by atoms with Crippen molar-refractivity contribution in [3.8, 4) is 0 Å². The Balaban J connectivity index is 1.83. The molecule has 2 N–H and O–H groups in total. The van der Waals surface area contributed by atoms with Crippen molar-refractivity contribution in [1.29, 1.82) is 0 Å². The van der Waals surface area contributed by atoms with E-state index in [0.717, 1.165) is 13.0 Å². The molecule has 0 spiro atoms. The Kier molecular flexibility index (Phi) is 7.84. The molecule has 0 saturated heterocycles. The largest absolute Gasteiger partial charge is 0.385 e. The summed E-state index contributed by atoms with van der Waals surface area (Å²) < 4.78 is 6.58. The SMILES string of the molecule is COCCCn1c(SC(C)C(=O)NCC2CCCCC2)n[nH]c1=O. The summed E-state index contributed by atoms with van der Waals surface area (Å²) in [7, 11) is 1.63. The molecular weight excluding hydrogens is 328 g/mol. The number of carbonyl (C=O) groups excluding carboxylic acids is 1. The topological polar surface area (TPSA) is 89.0 Å². The van der Waals surface area contributed by atoms with Crippen LogP contribution in [-0.4, -0.2) is 46.2 Å². The average Bonchev–Trinajstić information content (AvgIpc) is 2.94. The molecule has 0 aromatic carbocycles. The number of aromatic nitrogens is 3. The Labute approximate surface area is 146 Å². The molecule has 0 radical (unpaired) electrons. The van der Waals surface area contributed by atoms with Crippen LogP contribution in [0.25, 0.3) is 0 Å². The first-order valence-electron chi connectivity index (χ1n) is 8.70. The van der Waals surface area contributed by atoms with E-state index >= 15 is 0 Å². The number of aromatic amines is 1. The third-order valence-corrected chi connectivity index (χ3v) is 5.48. The van der Waals surface area contributed by atoms with Crippen molar-refractivity contribution < 1.29 is 9.53 Å². The molecule has 1 fully saturated rings. The number of H-pyrrole nitrogens is 1. The summed E-state index contributed by atoms with van der Waals surface area (Å²) in [5.41, 5.74) is -0.247. The number of hydrogen-bond donors (Lipinski definition) is 2. The summed E-state index contributed by atoms with van der Waals surface area (Å²) in [6.45, 7) is 3.71. The van der Waals surface area contributed by atoms with Crippen LogP contribution in [-0.2, 0) is 16.1 Å². The fourth-order valence-corrected chi connectivity index (χ4v) is 3.86. The van der Waals surface area contributed by atoms with Gasteiger partial charge in [0.2, 0.25) is 5.91 Å². The number of hydrogen-bond acceptors (Lipinski definition) is 5. The standard InChI is InChI=1S/C16H28N4O3S/c1-12(14(21)17-11-13-7-4-3-5-8-13)24-16-19-18-15(22)20(16)9-6-10-23-2/h12-13H,3-11H2,1-2H3,(H,17,21)(H,18,22). The molecule has 136 valence electrons. The zero-order chi connectivity index (χ0) is 17.4. The maximum absolute atomic E-state index is 12.3. The molecule has 1 saturated carbocycles. The summed E-state index contributed by atoms with van der Waals surface area (Å²) in [5, 5.41) is 9.80. The Morgan fingerprint density at radius 1 is 1.46 bits per heavy atom. The third-order valence-electron chi connectivity index (χ3n) is 4.39. The average molecular weight is 356 g/mol. The van der Waals surface area contributed by atoms with Crippen molar-refractivity contribution in [3.63, 3.8) is 0 Å². The van der Waals surface area contributed by atoms with Gasteiger partial charge in [0.1, 0.15) is 0 Å². The van der Waals surface area contributed by atoms with E-state index in [4.69, 9.17) is 4.74 Å². The van der Waals surface area contributed by atoms with E-state index in [1.807, 2.05) is 6.92 Å². The molecule has 1 atom stereocenters. The lowest BCUT2D eigenvalue weighted by molar-refractivity contribution is -0.120. The molecule has 0 aliphatic heterocycles. The van der Waals surface area contributed by atoms with Gasteiger partial charge in [0, 0.05) is 26.8 Å². The molecule has 2 rings (SSSR count). The lowest BCUT2D eigenvalue weighted by atomic mass is 9.89. The minimum Gasteiger partial charge on any atom is -0.385 e. The number of amides is 1. The highest BCUT2D eigenvalue weighted by molar-refractivity contribution is 8.00. The van der Waals surface area contributed by atoms with Gasteiger partial charge in [0.15, 0.2) is 5.16 Å². The molecule has 24 heavy (non-hydrogen) atoms. The highest BCUT2D eigenvalue weighted by atomic mass is 32.2. The Bertz CT molecular complexity index is 566. The van der Waals surface area contributed by atoms with Crippen LogP contribution in [0.1, 0.15) is 45.4 Å². The number of nitrogens with zero attached hydrogens (tertiary/aromatic N) is 2. The van der Waals surface area contributed by atoms with Crippen LogP contribution in [0.3, 0.4) is 0 Å². The summed E-state index contributed by atoms with van der Waals surface area (Å²) in [6, 6.07) is 0. The highest BCUT2D eigenvalue weighted by Gasteiger charge is 2.20. The first-order valence-corrected chi connectivity index (χ1v) is 9.58. The van der Waals surface area contributed by atoms with Gasteiger partial charge in [0.05, 0.1) is 5.25 Å². The van der Waals surface area contributed by atoms with Crippen molar-refractivity contribution in [2.45, 2.75) is 62.4 Å². The van der Waals surface area contributed by atoms with E-state index in [9.17, 15) is 9.59 Å². The number of rotatable bonds is 9. The predicted octanol–water partition coefficient (Wildman–Crippen LogP) is 1.78. The van der Waals surface area contributed by atoms with Gasteiger partial charge >= 0.3 is 5.69 Å². The van der Waals surface area contributed by atoms with E-state index in [-0.39, 0.29) is 16.8 Å². The predicted molar refractivity (Wildman–Crippen MR) is 94.2 cm³/mol. The number of nitrogens with one attached hydrogen (secondary N) is 2. The van der Waals surface area contributed by atoms with Gasteiger partial charge in [-0.25, -0.2) is 9.89 Å². The molecule has 0 bridgehead atoms. The minimum atomic E-state index is -0.287. The van der Waals surface area contributed by atoms with Gasteiger partial charge in [0.25, 0.3) is 0 Å². The summed E-state index contributed by atoms with van der Waals surface area (Å²) in [6.07, 6.45) is 7.00. The molecule has 1 aromatic rings. The molecule has 1 heterocycles. The molecular formula is C16H28N4O3S. The molecule has 1 aromatic heterocycles. The van der Waals surface area contributed by atoms with Crippen LogP contribution in [0.2, 0.25) is 0 Å². The highest BCUT2D eigenvalue weighted by Crippen LogP contribution is 2.23. The second-order valence-corrected chi connectivity index (χ2v) is 7.63. The van der Waals surface area contributed by atoms with Crippen molar-refractivity contribution >= 4 is 17.7 Å². The van der Waals surface area contributed by atoms with Crippen molar-refractivity contribution in [1.82, 2.24) is 20.1 Å². The summed E-state index contributed by atoms with van der Waals surface area (Å²) in [5.74, 6) is 0.613. The maximum Gasteiger partial charge on any atom is 0.343 e. The van der Waals surface area contributed by atoms with Crippen LogP contribution in [0.15, 0.2) is 9.95 Å².